The zero-order valence-corrected chi connectivity index (χ0v) is 32.6. The van der Waals surface area contributed by atoms with Crippen molar-refractivity contribution in [3.63, 3.8) is 0 Å². The van der Waals surface area contributed by atoms with E-state index in [1.165, 1.54) is 17.5 Å². The first-order valence-corrected chi connectivity index (χ1v) is 18.4. The second kappa shape index (κ2) is 18.1. The Morgan fingerprint density at radius 3 is 1.48 bits per heavy atom. The topological polar surface area (TPSA) is 89.9 Å². The van der Waals surface area contributed by atoms with Crippen LogP contribution in [0.1, 0.15) is 90.5 Å². The molecule has 0 spiro atoms. The fourth-order valence-electron chi connectivity index (χ4n) is 6.24. The number of methoxy groups -OCH3 is 1. The highest BCUT2D eigenvalue weighted by molar-refractivity contribution is 5.43. The van der Waals surface area contributed by atoms with E-state index in [0.717, 1.165) is 35.2 Å². The lowest BCUT2D eigenvalue weighted by molar-refractivity contribution is 0.0175. The third kappa shape index (κ3) is 12.3. The molecule has 0 amide bonds. The van der Waals surface area contributed by atoms with Crippen LogP contribution in [0.4, 0.5) is 0 Å². The molecule has 2 unspecified atom stereocenters. The first-order valence-electron chi connectivity index (χ1n) is 18.4. The number of aliphatic hydroxyl groups is 1. The summed E-state index contributed by atoms with van der Waals surface area (Å²) in [6.07, 6.45) is 1.58. The molecule has 1 fully saturated rings. The predicted molar refractivity (Wildman–Crippen MR) is 209 cm³/mol. The minimum atomic E-state index is -0.701. The van der Waals surface area contributed by atoms with Gasteiger partial charge < -0.3 is 33.9 Å². The van der Waals surface area contributed by atoms with Gasteiger partial charge in [0.15, 0.2) is 0 Å². The van der Waals surface area contributed by atoms with Crippen molar-refractivity contribution >= 4 is 0 Å². The lowest BCUT2D eigenvalue weighted by Crippen LogP contribution is -2.35. The molecule has 7 nitrogen and oxygen atoms in total. The zero-order valence-electron chi connectivity index (χ0n) is 32.6. The van der Waals surface area contributed by atoms with Crippen molar-refractivity contribution in [1.82, 2.24) is 0 Å². The Balaban J connectivity index is 0.000000771. The van der Waals surface area contributed by atoms with Gasteiger partial charge in [0, 0.05) is 24.4 Å². The van der Waals surface area contributed by atoms with Crippen LogP contribution in [-0.2, 0) is 20.3 Å². The molecule has 1 aliphatic rings. The summed E-state index contributed by atoms with van der Waals surface area (Å²) in [7, 11) is 1.66. The van der Waals surface area contributed by atoms with E-state index in [0.29, 0.717) is 31.5 Å². The number of hydrogen-bond acceptors (Lipinski definition) is 7. The fraction of sp³-hybridized carbons (Fsp3) is 0.467. The Bertz CT molecular complexity index is 1620. The molecular formula is C45H60O7. The van der Waals surface area contributed by atoms with Crippen LogP contribution in [0.5, 0.6) is 23.0 Å². The highest BCUT2D eigenvalue weighted by atomic mass is 16.6. The summed E-state index contributed by atoms with van der Waals surface area (Å²) in [5.41, 5.74) is 3.57. The molecule has 7 heteroatoms. The summed E-state index contributed by atoms with van der Waals surface area (Å²) < 4.78 is 28.0. The van der Waals surface area contributed by atoms with E-state index in [2.05, 4.69) is 65.8 Å². The summed E-state index contributed by atoms with van der Waals surface area (Å²) in [4.78, 5) is 0. The largest absolute Gasteiger partial charge is 0.508 e. The Morgan fingerprint density at radius 2 is 1.08 bits per heavy atom. The molecule has 2 atom stereocenters. The molecule has 1 aliphatic heterocycles. The van der Waals surface area contributed by atoms with Gasteiger partial charge in [-0.3, -0.25) is 0 Å². The number of rotatable bonds is 17. The van der Waals surface area contributed by atoms with E-state index in [1.807, 2.05) is 74.5 Å². The average Bonchev–Trinajstić information content (AvgIpc) is 3.92. The molecule has 2 N–H and O–H groups in total. The molecule has 0 saturated carbocycles. The third-order valence-corrected chi connectivity index (χ3v) is 9.57. The first kappa shape index (κ1) is 40.7. The first-order chi connectivity index (χ1) is 24.6. The Kier molecular flexibility index (Phi) is 14.2. The number of aromatic hydroxyl groups is 1. The SMILES string of the molecule is CC(C)CC1CO1.COCCOc1ccc(C(C)(C)c2ccc(OC(C)(C)CC(O)COc3ccc(C(C)(C)c4ccc(O)cc4)cc3)cc2)cc1. The van der Waals surface area contributed by atoms with E-state index in [-0.39, 0.29) is 23.2 Å². The maximum atomic E-state index is 10.8. The van der Waals surface area contributed by atoms with Crippen LogP contribution >= 0.6 is 0 Å². The smallest absolute Gasteiger partial charge is 0.120 e. The molecule has 0 radical (unpaired) electrons. The fourth-order valence-corrected chi connectivity index (χ4v) is 6.24. The van der Waals surface area contributed by atoms with Crippen LogP contribution < -0.4 is 14.2 Å². The molecule has 1 heterocycles. The molecule has 0 aromatic heterocycles. The normalized spacial score (nSPS) is 15.0. The molecule has 4 aromatic rings. The van der Waals surface area contributed by atoms with Gasteiger partial charge in [-0.1, -0.05) is 90.1 Å². The second-order valence-electron chi connectivity index (χ2n) is 15.8. The molecule has 1 saturated heterocycles. The highest BCUT2D eigenvalue weighted by Gasteiger charge is 2.27. The highest BCUT2D eigenvalue weighted by Crippen LogP contribution is 2.35. The molecule has 0 bridgehead atoms. The molecular weight excluding hydrogens is 652 g/mol. The summed E-state index contributed by atoms with van der Waals surface area (Å²) in [6.45, 7) is 19.4. The maximum Gasteiger partial charge on any atom is 0.120 e. The van der Waals surface area contributed by atoms with E-state index in [4.69, 9.17) is 23.7 Å². The monoisotopic (exact) mass is 712 g/mol. The van der Waals surface area contributed by atoms with Crippen molar-refractivity contribution in [1.29, 1.82) is 0 Å². The van der Waals surface area contributed by atoms with Gasteiger partial charge in [-0.05, 0) is 97.0 Å². The number of hydrogen-bond donors (Lipinski definition) is 2. The molecule has 5 rings (SSSR count). The van der Waals surface area contributed by atoms with Crippen LogP contribution in [0.25, 0.3) is 0 Å². The van der Waals surface area contributed by atoms with Crippen molar-refractivity contribution in [2.24, 2.45) is 5.92 Å². The minimum Gasteiger partial charge on any atom is -0.508 e. The minimum absolute atomic E-state index is 0.164. The average molecular weight is 713 g/mol. The van der Waals surface area contributed by atoms with Crippen molar-refractivity contribution in [2.75, 3.05) is 33.5 Å². The number of phenolic OH excluding ortho intramolecular Hbond substituents is 1. The number of epoxide rings is 1. The van der Waals surface area contributed by atoms with Gasteiger partial charge in [0.1, 0.15) is 41.8 Å². The third-order valence-electron chi connectivity index (χ3n) is 9.57. The maximum absolute atomic E-state index is 10.8. The van der Waals surface area contributed by atoms with Gasteiger partial charge in [0.2, 0.25) is 0 Å². The summed E-state index contributed by atoms with van der Waals surface area (Å²) >= 11 is 0. The van der Waals surface area contributed by atoms with Crippen LogP contribution in [0, 0.1) is 5.92 Å². The number of ether oxygens (including phenoxy) is 5. The predicted octanol–water partition coefficient (Wildman–Crippen LogP) is 9.49. The van der Waals surface area contributed by atoms with Crippen LogP contribution in [-0.4, -0.2) is 61.6 Å². The van der Waals surface area contributed by atoms with E-state index in [9.17, 15) is 10.2 Å². The summed E-state index contributed by atoms with van der Waals surface area (Å²) in [6, 6.07) is 31.6. The quantitative estimate of drug-likeness (QED) is 0.0833. The Morgan fingerprint density at radius 1 is 0.654 bits per heavy atom. The van der Waals surface area contributed by atoms with Crippen molar-refractivity contribution in [2.45, 2.75) is 96.9 Å². The second-order valence-corrected chi connectivity index (χ2v) is 15.8. The molecule has 0 aliphatic carbocycles. The van der Waals surface area contributed by atoms with Crippen molar-refractivity contribution < 1.29 is 33.9 Å². The molecule has 4 aromatic carbocycles. The van der Waals surface area contributed by atoms with Crippen LogP contribution in [0.15, 0.2) is 97.1 Å². The Labute approximate surface area is 311 Å². The summed E-state index contributed by atoms with van der Waals surface area (Å²) in [5.74, 6) is 3.35. The number of aliphatic hydroxyl groups excluding tert-OH is 1. The van der Waals surface area contributed by atoms with Gasteiger partial charge in [-0.15, -0.1) is 0 Å². The Hall–Kier alpha value is -4.04. The molecule has 52 heavy (non-hydrogen) atoms. The van der Waals surface area contributed by atoms with Gasteiger partial charge in [0.05, 0.1) is 25.4 Å². The van der Waals surface area contributed by atoms with Gasteiger partial charge in [-0.2, -0.15) is 0 Å². The number of phenols is 1. The standard InChI is InChI=1S/C39H48O6.C6H12O/c1-37(2,26-33(41)27-44-35-20-12-30(13-21-35)38(3,4)28-8-16-32(40)17-9-28)45-36-22-14-31(15-23-36)39(5,6)29-10-18-34(19-11-29)43-25-24-42-7;1-5(2)3-6-4-7-6/h8-23,33,40-41H,24-27H2,1-7H3;5-6H,3-4H2,1-2H3. The summed E-state index contributed by atoms with van der Waals surface area (Å²) in [5, 5.41) is 20.4. The van der Waals surface area contributed by atoms with Crippen molar-refractivity contribution in [3.05, 3.63) is 119 Å². The van der Waals surface area contributed by atoms with Gasteiger partial charge >= 0.3 is 0 Å². The lowest BCUT2D eigenvalue weighted by atomic mass is 9.78. The van der Waals surface area contributed by atoms with Gasteiger partial charge in [-0.25, -0.2) is 0 Å². The molecule has 282 valence electrons. The van der Waals surface area contributed by atoms with Gasteiger partial charge in [0.25, 0.3) is 0 Å². The van der Waals surface area contributed by atoms with E-state index >= 15 is 0 Å². The van der Waals surface area contributed by atoms with Crippen LogP contribution in [0.2, 0.25) is 0 Å². The van der Waals surface area contributed by atoms with Crippen LogP contribution in [0.3, 0.4) is 0 Å². The lowest BCUT2D eigenvalue weighted by Gasteiger charge is -2.30. The van der Waals surface area contributed by atoms with E-state index < -0.39 is 11.7 Å². The zero-order chi connectivity index (χ0) is 37.9. The number of benzene rings is 4. The van der Waals surface area contributed by atoms with Crippen molar-refractivity contribution in [3.8, 4) is 23.0 Å². The van der Waals surface area contributed by atoms with E-state index in [1.54, 1.807) is 19.2 Å².